The molecule has 0 atom stereocenters. The highest BCUT2D eigenvalue weighted by atomic mass is 16.6. The fourth-order valence-electron chi connectivity index (χ4n) is 2.40. The lowest BCUT2D eigenvalue weighted by Gasteiger charge is -2.27. The SMILES string of the molecule is CN(CC1CCNCC1)c1nn(C)cc1[N+](=O)[O-]. The van der Waals surface area contributed by atoms with E-state index in [-0.39, 0.29) is 10.6 Å². The molecule has 0 aliphatic carbocycles. The van der Waals surface area contributed by atoms with E-state index in [4.69, 9.17) is 0 Å². The number of aromatic nitrogens is 2. The Bertz CT molecular complexity index is 425. The van der Waals surface area contributed by atoms with Crippen LogP contribution in [0, 0.1) is 16.0 Å². The fraction of sp³-hybridized carbons (Fsp3) is 0.727. The summed E-state index contributed by atoms with van der Waals surface area (Å²) in [6, 6.07) is 0. The average Bonchev–Trinajstić information content (AvgIpc) is 2.73. The molecule has 0 bridgehead atoms. The van der Waals surface area contributed by atoms with Crippen LogP contribution < -0.4 is 10.2 Å². The van der Waals surface area contributed by atoms with Crippen LogP contribution in [0.4, 0.5) is 11.5 Å². The van der Waals surface area contributed by atoms with Gasteiger partial charge in [-0.3, -0.25) is 14.8 Å². The zero-order valence-electron chi connectivity index (χ0n) is 10.8. The predicted molar refractivity (Wildman–Crippen MR) is 68.7 cm³/mol. The van der Waals surface area contributed by atoms with Gasteiger partial charge in [0.1, 0.15) is 6.20 Å². The number of anilines is 1. The standard InChI is InChI=1S/C11H19N5O2/c1-14(7-9-3-5-12-6-4-9)11-10(16(17)18)8-15(2)13-11/h8-9,12H,3-7H2,1-2H3. The summed E-state index contributed by atoms with van der Waals surface area (Å²) >= 11 is 0. The Morgan fingerprint density at radius 3 is 2.89 bits per heavy atom. The number of hydrogen-bond donors (Lipinski definition) is 1. The molecule has 0 saturated carbocycles. The lowest BCUT2D eigenvalue weighted by molar-refractivity contribution is -0.384. The van der Waals surface area contributed by atoms with Crippen molar-refractivity contribution in [3.8, 4) is 0 Å². The Kier molecular flexibility index (Phi) is 3.81. The van der Waals surface area contributed by atoms with Crippen LogP contribution in [0.3, 0.4) is 0 Å². The van der Waals surface area contributed by atoms with Crippen LogP contribution in [0.1, 0.15) is 12.8 Å². The molecule has 18 heavy (non-hydrogen) atoms. The third-order valence-corrected chi connectivity index (χ3v) is 3.34. The first-order valence-electron chi connectivity index (χ1n) is 6.18. The van der Waals surface area contributed by atoms with E-state index in [0.717, 1.165) is 32.5 Å². The summed E-state index contributed by atoms with van der Waals surface area (Å²) in [6.07, 6.45) is 3.68. The van der Waals surface area contributed by atoms with E-state index in [1.807, 2.05) is 11.9 Å². The van der Waals surface area contributed by atoms with Crippen molar-refractivity contribution < 1.29 is 4.92 Å². The number of nitrogens with one attached hydrogen (secondary N) is 1. The van der Waals surface area contributed by atoms with E-state index in [1.54, 1.807) is 7.05 Å². The van der Waals surface area contributed by atoms with Gasteiger partial charge in [0.15, 0.2) is 0 Å². The molecule has 0 spiro atoms. The van der Waals surface area contributed by atoms with Crippen molar-refractivity contribution in [1.82, 2.24) is 15.1 Å². The second-order valence-corrected chi connectivity index (χ2v) is 4.84. The largest absolute Gasteiger partial charge is 0.352 e. The molecule has 1 aliphatic heterocycles. The molecule has 2 rings (SSSR count). The molecule has 1 aromatic heterocycles. The lowest BCUT2D eigenvalue weighted by atomic mass is 9.98. The minimum absolute atomic E-state index is 0.0777. The summed E-state index contributed by atoms with van der Waals surface area (Å²) in [5.41, 5.74) is 0.0777. The van der Waals surface area contributed by atoms with Gasteiger partial charge in [-0.15, -0.1) is 5.10 Å². The Morgan fingerprint density at radius 2 is 2.28 bits per heavy atom. The Hall–Kier alpha value is -1.63. The van der Waals surface area contributed by atoms with Crippen LogP contribution in [0.5, 0.6) is 0 Å². The maximum absolute atomic E-state index is 10.9. The zero-order valence-corrected chi connectivity index (χ0v) is 10.8. The Morgan fingerprint density at radius 1 is 1.61 bits per heavy atom. The predicted octanol–water partition coefficient (Wildman–Crippen LogP) is 0.764. The van der Waals surface area contributed by atoms with Gasteiger partial charge in [-0.1, -0.05) is 0 Å². The third-order valence-electron chi connectivity index (χ3n) is 3.34. The summed E-state index contributed by atoms with van der Waals surface area (Å²) in [6.45, 7) is 2.88. The number of nitro groups is 1. The minimum atomic E-state index is -0.374. The molecular formula is C11H19N5O2. The molecule has 0 radical (unpaired) electrons. The van der Waals surface area contributed by atoms with Gasteiger partial charge in [-0.05, 0) is 31.8 Å². The van der Waals surface area contributed by atoms with Gasteiger partial charge >= 0.3 is 5.69 Å². The molecule has 2 heterocycles. The number of aryl methyl sites for hydroxylation is 1. The molecule has 0 aromatic carbocycles. The normalized spacial score (nSPS) is 16.8. The highest BCUT2D eigenvalue weighted by Crippen LogP contribution is 2.26. The highest BCUT2D eigenvalue weighted by molar-refractivity contribution is 5.56. The first-order chi connectivity index (χ1) is 8.58. The maximum Gasteiger partial charge on any atom is 0.330 e. The van der Waals surface area contributed by atoms with Gasteiger partial charge < -0.3 is 10.2 Å². The number of hydrogen-bond acceptors (Lipinski definition) is 5. The van der Waals surface area contributed by atoms with E-state index in [2.05, 4.69) is 10.4 Å². The summed E-state index contributed by atoms with van der Waals surface area (Å²) in [5.74, 6) is 1.04. The van der Waals surface area contributed by atoms with E-state index >= 15 is 0 Å². The van der Waals surface area contributed by atoms with Crippen LogP contribution in [-0.2, 0) is 7.05 Å². The van der Waals surface area contributed by atoms with Gasteiger partial charge in [0.2, 0.25) is 5.82 Å². The van der Waals surface area contributed by atoms with Gasteiger partial charge in [0.25, 0.3) is 0 Å². The third kappa shape index (κ3) is 2.79. The molecule has 0 amide bonds. The summed E-state index contributed by atoms with van der Waals surface area (Å²) in [7, 11) is 3.58. The number of rotatable bonds is 4. The van der Waals surface area contributed by atoms with Crippen molar-refractivity contribution in [2.24, 2.45) is 13.0 Å². The Balaban J connectivity index is 2.07. The second kappa shape index (κ2) is 5.34. The van der Waals surface area contributed by atoms with E-state index in [0.29, 0.717) is 11.7 Å². The molecule has 1 aliphatic rings. The first-order valence-corrected chi connectivity index (χ1v) is 6.18. The topological polar surface area (TPSA) is 76.2 Å². The minimum Gasteiger partial charge on any atom is -0.352 e. The zero-order chi connectivity index (χ0) is 13.1. The molecule has 1 fully saturated rings. The molecular weight excluding hydrogens is 234 g/mol. The molecule has 7 nitrogen and oxygen atoms in total. The molecule has 0 unspecified atom stereocenters. The van der Waals surface area contributed by atoms with E-state index < -0.39 is 0 Å². The maximum atomic E-state index is 10.9. The average molecular weight is 253 g/mol. The quantitative estimate of drug-likeness (QED) is 0.633. The van der Waals surface area contributed by atoms with Crippen LogP contribution in [0.15, 0.2) is 6.20 Å². The summed E-state index contributed by atoms with van der Waals surface area (Å²) in [5, 5.41) is 18.4. The van der Waals surface area contributed by atoms with Crippen molar-refractivity contribution in [2.45, 2.75) is 12.8 Å². The second-order valence-electron chi connectivity index (χ2n) is 4.84. The molecule has 1 aromatic rings. The summed E-state index contributed by atoms with van der Waals surface area (Å²) in [4.78, 5) is 12.5. The van der Waals surface area contributed by atoms with E-state index in [9.17, 15) is 10.1 Å². The van der Waals surface area contributed by atoms with Crippen LogP contribution in [0.25, 0.3) is 0 Å². The van der Waals surface area contributed by atoms with E-state index in [1.165, 1.54) is 10.9 Å². The van der Waals surface area contributed by atoms with Gasteiger partial charge in [0.05, 0.1) is 4.92 Å². The summed E-state index contributed by atoms with van der Waals surface area (Å²) < 4.78 is 1.49. The van der Waals surface area contributed by atoms with Crippen molar-refractivity contribution >= 4 is 11.5 Å². The fourth-order valence-corrected chi connectivity index (χ4v) is 2.40. The van der Waals surface area contributed by atoms with Gasteiger partial charge in [-0.25, -0.2) is 0 Å². The van der Waals surface area contributed by atoms with Crippen molar-refractivity contribution in [2.75, 3.05) is 31.6 Å². The van der Waals surface area contributed by atoms with Gasteiger partial charge in [-0.2, -0.15) is 0 Å². The first kappa shape index (κ1) is 12.8. The highest BCUT2D eigenvalue weighted by Gasteiger charge is 2.24. The van der Waals surface area contributed by atoms with Crippen molar-refractivity contribution in [3.63, 3.8) is 0 Å². The van der Waals surface area contributed by atoms with Crippen molar-refractivity contribution in [3.05, 3.63) is 16.3 Å². The number of piperidine rings is 1. The van der Waals surface area contributed by atoms with Crippen molar-refractivity contribution in [1.29, 1.82) is 0 Å². The van der Waals surface area contributed by atoms with Crippen LogP contribution in [-0.4, -0.2) is 41.4 Å². The molecule has 1 saturated heterocycles. The molecule has 1 N–H and O–H groups in total. The monoisotopic (exact) mass is 253 g/mol. The van der Waals surface area contributed by atoms with Crippen LogP contribution in [0.2, 0.25) is 0 Å². The van der Waals surface area contributed by atoms with Crippen LogP contribution >= 0.6 is 0 Å². The van der Waals surface area contributed by atoms with Gasteiger partial charge in [0, 0.05) is 20.6 Å². The lowest BCUT2D eigenvalue weighted by Crippen LogP contribution is -2.34. The molecule has 7 heteroatoms. The number of nitrogens with zero attached hydrogens (tertiary/aromatic N) is 4. The Labute approximate surface area is 106 Å². The smallest absolute Gasteiger partial charge is 0.330 e. The molecule has 100 valence electrons.